The van der Waals surface area contributed by atoms with E-state index in [4.69, 9.17) is 9.15 Å². The van der Waals surface area contributed by atoms with Gasteiger partial charge in [0.25, 0.3) is 0 Å². The van der Waals surface area contributed by atoms with Crippen LogP contribution in [0, 0.1) is 0 Å². The molecule has 0 radical (unpaired) electrons. The molecule has 0 spiro atoms. The molecular weight excluding hydrogens is 482 g/mol. The molecule has 0 fully saturated rings. The Kier molecular flexibility index (Phi) is 8.11. The largest absolute Gasteiger partial charge is 0.478 e. The maximum absolute atomic E-state index is 12.2. The molecule has 0 aromatic heterocycles. The number of amides is 1. The van der Waals surface area contributed by atoms with Crippen molar-refractivity contribution in [3.05, 3.63) is 84.4 Å². The van der Waals surface area contributed by atoms with Crippen LogP contribution in [-0.2, 0) is 4.74 Å². The van der Waals surface area contributed by atoms with Crippen LogP contribution in [0.4, 0.5) is 10.5 Å². The standard InChI is InChI=1S/C30H31N3O5/c1-5-32(6-2)20-12-14-24-26(18-20)38-27-19-21(33(7-3)16-17-37-30(36)31-4)13-15-25(27)28(24)22-10-8-9-11-23(22)29(34)35/h5,8-15,18-19H,1,6-7,16-17H2,2-4H3,(H-,31,34,35,36)/p+1. The number of nitrogens with one attached hydrogen (secondary N) is 1. The van der Waals surface area contributed by atoms with Crippen molar-refractivity contribution in [2.24, 2.45) is 0 Å². The molecule has 8 heteroatoms. The highest BCUT2D eigenvalue weighted by atomic mass is 16.5. The Morgan fingerprint density at radius 1 is 1.11 bits per heavy atom. The van der Waals surface area contributed by atoms with Gasteiger partial charge in [-0.2, -0.15) is 0 Å². The predicted molar refractivity (Wildman–Crippen MR) is 150 cm³/mol. The smallest absolute Gasteiger partial charge is 0.407 e. The van der Waals surface area contributed by atoms with Crippen LogP contribution in [0.3, 0.4) is 0 Å². The SMILES string of the molecule is C=CN(CC)c1ccc2c(-c3ccccc3C(=O)O)c3cc/c(=[N+](/CC)CCOC(=O)NC)cc-3oc2c1. The van der Waals surface area contributed by atoms with Crippen molar-refractivity contribution in [1.82, 2.24) is 9.89 Å². The second-order valence-corrected chi connectivity index (χ2v) is 8.62. The Morgan fingerprint density at radius 2 is 1.89 bits per heavy atom. The number of carbonyl (C=O) groups excluding carboxylic acids is 1. The van der Waals surface area contributed by atoms with Crippen molar-refractivity contribution >= 4 is 28.7 Å². The van der Waals surface area contributed by atoms with E-state index in [9.17, 15) is 14.7 Å². The number of carboxylic acid groups (broad SMARTS) is 1. The number of aromatic carboxylic acids is 1. The minimum absolute atomic E-state index is 0.220. The summed E-state index contributed by atoms with van der Waals surface area (Å²) in [5.41, 5.74) is 3.99. The highest BCUT2D eigenvalue weighted by molar-refractivity contribution is 6.07. The fourth-order valence-corrected chi connectivity index (χ4v) is 4.63. The van der Waals surface area contributed by atoms with E-state index >= 15 is 0 Å². The first-order valence-electron chi connectivity index (χ1n) is 12.6. The van der Waals surface area contributed by atoms with Gasteiger partial charge in [-0.15, -0.1) is 0 Å². The van der Waals surface area contributed by atoms with E-state index in [0.29, 0.717) is 30.0 Å². The summed E-state index contributed by atoms with van der Waals surface area (Å²) in [5, 5.41) is 14.1. The number of carbonyl (C=O) groups is 2. The van der Waals surface area contributed by atoms with Gasteiger partial charge in [0.2, 0.25) is 5.36 Å². The van der Waals surface area contributed by atoms with Gasteiger partial charge < -0.3 is 24.5 Å². The maximum Gasteiger partial charge on any atom is 0.407 e. The zero-order valence-corrected chi connectivity index (χ0v) is 21.9. The van der Waals surface area contributed by atoms with Crippen LogP contribution in [0.1, 0.15) is 24.2 Å². The number of likely N-dealkylation sites (N-methyl/N-ethyl adjacent to an activating group) is 1. The number of alkyl carbamates (subject to hydrolysis) is 1. The van der Waals surface area contributed by atoms with Crippen molar-refractivity contribution < 1.29 is 23.8 Å². The zero-order valence-electron chi connectivity index (χ0n) is 21.9. The van der Waals surface area contributed by atoms with Crippen LogP contribution < -0.4 is 20.1 Å². The van der Waals surface area contributed by atoms with Gasteiger partial charge in [0, 0.05) is 47.9 Å². The molecule has 0 unspecified atom stereocenters. The molecule has 2 N–H and O–H groups in total. The van der Waals surface area contributed by atoms with E-state index in [1.807, 2.05) is 67.3 Å². The third-order valence-corrected chi connectivity index (χ3v) is 6.55. The number of benzene rings is 3. The Morgan fingerprint density at radius 3 is 2.58 bits per heavy atom. The van der Waals surface area contributed by atoms with Crippen molar-refractivity contribution in [3.63, 3.8) is 0 Å². The minimum Gasteiger partial charge on any atom is -0.478 e. The summed E-state index contributed by atoms with van der Waals surface area (Å²) in [6, 6.07) is 18.8. The molecular formula is C30H32N3O5+. The second kappa shape index (κ2) is 11.6. The monoisotopic (exact) mass is 514 g/mol. The lowest BCUT2D eigenvalue weighted by atomic mass is 9.90. The molecule has 0 bridgehead atoms. The van der Waals surface area contributed by atoms with Gasteiger partial charge in [0.15, 0.2) is 13.2 Å². The number of carboxylic acids is 1. The molecule has 196 valence electrons. The first-order valence-corrected chi connectivity index (χ1v) is 12.6. The van der Waals surface area contributed by atoms with Crippen molar-refractivity contribution in [1.29, 1.82) is 0 Å². The van der Waals surface area contributed by atoms with Gasteiger partial charge in [-0.05, 0) is 49.9 Å². The van der Waals surface area contributed by atoms with Crippen molar-refractivity contribution in [2.75, 3.05) is 38.2 Å². The summed E-state index contributed by atoms with van der Waals surface area (Å²) < 4.78 is 13.7. The first kappa shape index (κ1) is 26.5. The first-order chi connectivity index (χ1) is 18.4. The maximum atomic E-state index is 12.2. The fourth-order valence-electron chi connectivity index (χ4n) is 4.63. The molecule has 8 nitrogen and oxygen atoms in total. The molecule has 2 aromatic rings. The normalized spacial score (nSPS) is 11.8. The Labute approximate surface area is 221 Å². The number of hydrogen-bond acceptors (Lipinski definition) is 5. The minimum atomic E-state index is -0.993. The molecule has 0 saturated heterocycles. The molecule has 4 rings (SSSR count). The Bertz CT molecular complexity index is 1540. The highest BCUT2D eigenvalue weighted by Crippen LogP contribution is 2.42. The Hall–Kier alpha value is -4.59. The molecule has 2 aliphatic rings. The average molecular weight is 515 g/mol. The van der Waals surface area contributed by atoms with Gasteiger partial charge in [-0.25, -0.2) is 14.2 Å². The van der Waals surface area contributed by atoms with Gasteiger partial charge in [-0.1, -0.05) is 24.8 Å². The lowest BCUT2D eigenvalue weighted by Crippen LogP contribution is -2.34. The number of fused-ring (bicyclic) bond motifs is 2. The van der Waals surface area contributed by atoms with Crippen LogP contribution >= 0.6 is 0 Å². The molecule has 1 aliphatic carbocycles. The van der Waals surface area contributed by atoms with Crippen molar-refractivity contribution in [3.8, 4) is 22.5 Å². The third kappa shape index (κ3) is 5.25. The second-order valence-electron chi connectivity index (χ2n) is 8.62. The van der Waals surface area contributed by atoms with Crippen LogP contribution in [-0.4, -0.2) is 50.5 Å². The lowest BCUT2D eigenvalue weighted by molar-refractivity contribution is 0.0697. The van der Waals surface area contributed by atoms with Crippen LogP contribution in [0.15, 0.2) is 77.9 Å². The van der Waals surface area contributed by atoms with E-state index < -0.39 is 12.1 Å². The van der Waals surface area contributed by atoms with E-state index in [0.717, 1.165) is 34.1 Å². The number of hydrogen-bond donors (Lipinski definition) is 2. The summed E-state index contributed by atoms with van der Waals surface area (Å²) in [4.78, 5) is 25.6. The van der Waals surface area contributed by atoms with Gasteiger partial charge in [-0.3, -0.25) is 0 Å². The number of nitrogens with zero attached hydrogens (tertiary/aromatic N) is 2. The summed E-state index contributed by atoms with van der Waals surface area (Å²) >= 11 is 0. The third-order valence-electron chi connectivity index (χ3n) is 6.55. The molecule has 1 heterocycles. The molecule has 38 heavy (non-hydrogen) atoms. The van der Waals surface area contributed by atoms with E-state index in [1.165, 1.54) is 7.05 Å². The van der Waals surface area contributed by atoms with E-state index in [2.05, 4.69) is 16.5 Å². The zero-order chi connectivity index (χ0) is 27.2. The molecule has 0 saturated carbocycles. The fraction of sp³-hybridized carbons (Fsp3) is 0.233. The lowest BCUT2D eigenvalue weighted by Gasteiger charge is -2.20. The molecule has 0 atom stereocenters. The van der Waals surface area contributed by atoms with Crippen LogP contribution in [0.25, 0.3) is 33.4 Å². The number of ether oxygens (including phenoxy) is 1. The number of rotatable bonds is 9. The summed E-state index contributed by atoms with van der Waals surface area (Å²) in [6.45, 7) is 10.1. The van der Waals surface area contributed by atoms with E-state index in [-0.39, 0.29) is 12.2 Å². The number of anilines is 1. The molecule has 2 aromatic carbocycles. The molecule has 1 amide bonds. The predicted octanol–water partition coefficient (Wildman–Crippen LogP) is 5.02. The van der Waals surface area contributed by atoms with Crippen molar-refractivity contribution in [2.45, 2.75) is 13.8 Å². The topological polar surface area (TPSA) is 95.0 Å². The summed E-state index contributed by atoms with van der Waals surface area (Å²) in [7, 11) is 1.52. The van der Waals surface area contributed by atoms with Crippen LogP contribution in [0.2, 0.25) is 0 Å². The molecule has 1 aliphatic heterocycles. The Balaban J connectivity index is 1.99. The van der Waals surface area contributed by atoms with Crippen LogP contribution in [0.5, 0.6) is 0 Å². The quantitative estimate of drug-likeness (QED) is 0.241. The average Bonchev–Trinajstić information content (AvgIpc) is 2.94. The summed E-state index contributed by atoms with van der Waals surface area (Å²) in [6.07, 6.45) is 1.29. The van der Waals surface area contributed by atoms with Gasteiger partial charge in [0.05, 0.1) is 11.6 Å². The van der Waals surface area contributed by atoms with Gasteiger partial charge >= 0.3 is 12.1 Å². The summed E-state index contributed by atoms with van der Waals surface area (Å²) in [5.74, 6) is -0.373. The van der Waals surface area contributed by atoms with Gasteiger partial charge in [0.1, 0.15) is 17.9 Å². The van der Waals surface area contributed by atoms with E-state index in [1.54, 1.807) is 18.3 Å². The highest BCUT2D eigenvalue weighted by Gasteiger charge is 2.22.